The molecule has 0 radical (unpaired) electrons. The lowest BCUT2D eigenvalue weighted by atomic mass is 10.1. The minimum atomic E-state index is -0.0185. The number of anilines is 2. The van der Waals surface area contributed by atoms with Crippen LogP contribution in [-0.4, -0.2) is 36.1 Å². The molecule has 0 aliphatic carbocycles. The van der Waals surface area contributed by atoms with Gasteiger partial charge in [0.25, 0.3) is 5.56 Å². The van der Waals surface area contributed by atoms with E-state index < -0.39 is 0 Å². The molecular formula is C18H27Cl2N5O. The molecule has 0 saturated carbocycles. The molecule has 0 amide bonds. The van der Waals surface area contributed by atoms with Crippen molar-refractivity contribution in [2.24, 2.45) is 0 Å². The van der Waals surface area contributed by atoms with Crippen molar-refractivity contribution in [1.82, 2.24) is 15.3 Å². The molecule has 144 valence electrons. The summed E-state index contributed by atoms with van der Waals surface area (Å²) in [7, 11) is 0. The average Bonchev–Trinajstić information content (AvgIpc) is 2.59. The highest BCUT2D eigenvalue weighted by molar-refractivity contribution is 5.85. The van der Waals surface area contributed by atoms with Gasteiger partial charge in [-0.1, -0.05) is 12.1 Å². The molecule has 0 spiro atoms. The molecule has 0 bridgehead atoms. The van der Waals surface area contributed by atoms with Gasteiger partial charge in [-0.25, -0.2) is 4.98 Å². The van der Waals surface area contributed by atoms with E-state index >= 15 is 0 Å². The summed E-state index contributed by atoms with van der Waals surface area (Å²) < 4.78 is 0. The number of aromatic nitrogens is 2. The largest absolute Gasteiger partial charge is 0.370 e. The summed E-state index contributed by atoms with van der Waals surface area (Å²) >= 11 is 0. The number of aryl methyl sites for hydroxylation is 1. The van der Waals surface area contributed by atoms with Gasteiger partial charge in [0.2, 0.25) is 5.95 Å². The second kappa shape index (κ2) is 10.4. The molecule has 1 aliphatic rings. The van der Waals surface area contributed by atoms with Crippen molar-refractivity contribution in [1.29, 1.82) is 0 Å². The third-order valence-corrected chi connectivity index (χ3v) is 4.37. The van der Waals surface area contributed by atoms with Crippen LogP contribution < -0.4 is 21.1 Å². The summed E-state index contributed by atoms with van der Waals surface area (Å²) in [5.41, 5.74) is 4.13. The van der Waals surface area contributed by atoms with Crippen LogP contribution >= 0.6 is 24.8 Å². The Hall–Kier alpha value is -1.76. The third-order valence-electron chi connectivity index (χ3n) is 4.37. The number of hydrogen-bond donors (Lipinski definition) is 3. The van der Waals surface area contributed by atoms with E-state index in [1.54, 1.807) is 0 Å². The van der Waals surface area contributed by atoms with Crippen molar-refractivity contribution in [3.63, 3.8) is 0 Å². The lowest BCUT2D eigenvalue weighted by Crippen LogP contribution is -2.33. The Balaban J connectivity index is 0.00000169. The lowest BCUT2D eigenvalue weighted by Gasteiger charge is -2.24. The van der Waals surface area contributed by atoms with E-state index in [2.05, 4.69) is 63.6 Å². The molecule has 1 aliphatic heterocycles. The quantitative estimate of drug-likeness (QED) is 0.695. The normalized spacial score (nSPS) is 12.4. The highest BCUT2D eigenvalue weighted by Gasteiger charge is 2.15. The van der Waals surface area contributed by atoms with Gasteiger partial charge in [0, 0.05) is 37.4 Å². The predicted molar refractivity (Wildman–Crippen MR) is 112 cm³/mol. The number of halogens is 2. The number of benzene rings is 1. The highest BCUT2D eigenvalue weighted by atomic mass is 35.5. The second-order valence-electron chi connectivity index (χ2n) is 6.11. The number of aromatic amines is 1. The van der Waals surface area contributed by atoms with Crippen LogP contribution in [0.15, 0.2) is 29.1 Å². The van der Waals surface area contributed by atoms with E-state index in [-0.39, 0.29) is 30.4 Å². The number of hydrogen-bond acceptors (Lipinski definition) is 5. The van der Waals surface area contributed by atoms with Gasteiger partial charge in [0.1, 0.15) is 0 Å². The minimum absolute atomic E-state index is 0. The number of likely N-dealkylation sites (N-methyl/N-ethyl adjacent to an activating group) is 1. The molecule has 3 rings (SSSR count). The highest BCUT2D eigenvalue weighted by Crippen LogP contribution is 2.15. The van der Waals surface area contributed by atoms with Gasteiger partial charge in [0.05, 0.1) is 5.69 Å². The van der Waals surface area contributed by atoms with Crippen LogP contribution in [0.3, 0.4) is 0 Å². The van der Waals surface area contributed by atoms with Gasteiger partial charge in [0.15, 0.2) is 0 Å². The Labute approximate surface area is 166 Å². The molecule has 0 fully saturated rings. The molecule has 26 heavy (non-hydrogen) atoms. The van der Waals surface area contributed by atoms with Crippen LogP contribution in [0, 0.1) is 6.92 Å². The molecule has 0 saturated heterocycles. The Bertz CT molecular complexity index is 765. The van der Waals surface area contributed by atoms with Gasteiger partial charge in [-0.2, -0.15) is 0 Å². The Morgan fingerprint density at radius 2 is 2.12 bits per heavy atom. The van der Waals surface area contributed by atoms with E-state index in [4.69, 9.17) is 0 Å². The Kier molecular flexibility index (Phi) is 8.92. The smallest absolute Gasteiger partial charge is 0.255 e. The number of nitrogens with zero attached hydrogens (tertiary/aromatic N) is 2. The van der Waals surface area contributed by atoms with Crippen LogP contribution in [0.5, 0.6) is 0 Å². The van der Waals surface area contributed by atoms with Crippen LogP contribution in [0.4, 0.5) is 11.6 Å². The number of rotatable bonds is 6. The molecule has 2 aromatic rings. The average molecular weight is 400 g/mol. The van der Waals surface area contributed by atoms with Gasteiger partial charge in [-0.05, 0) is 44.5 Å². The van der Waals surface area contributed by atoms with Crippen LogP contribution in [0.25, 0.3) is 0 Å². The Morgan fingerprint density at radius 1 is 1.31 bits per heavy atom. The van der Waals surface area contributed by atoms with Gasteiger partial charge >= 0.3 is 0 Å². The molecule has 1 aromatic heterocycles. The molecule has 0 unspecified atom stereocenters. The van der Waals surface area contributed by atoms with Gasteiger partial charge < -0.3 is 15.5 Å². The maximum atomic E-state index is 12.1. The molecule has 1 aromatic carbocycles. The number of fused-ring (bicyclic) bond motifs is 1. The SMILES string of the molecule is CCN(CCNc1nc2c(c(=O)[nH]1)CCNC2)c1cccc(C)c1.Cl.Cl. The third kappa shape index (κ3) is 5.37. The number of nitrogens with one attached hydrogen (secondary N) is 3. The first kappa shape index (κ1) is 22.3. The Morgan fingerprint density at radius 3 is 2.85 bits per heavy atom. The van der Waals surface area contributed by atoms with Gasteiger partial charge in [-0.15, -0.1) is 24.8 Å². The molecule has 6 nitrogen and oxygen atoms in total. The van der Waals surface area contributed by atoms with E-state index in [1.165, 1.54) is 11.3 Å². The van der Waals surface area contributed by atoms with Crippen LogP contribution in [0.2, 0.25) is 0 Å². The minimum Gasteiger partial charge on any atom is -0.370 e. The van der Waals surface area contributed by atoms with Crippen molar-refractivity contribution >= 4 is 36.4 Å². The summed E-state index contributed by atoms with van der Waals surface area (Å²) in [5.74, 6) is 0.558. The maximum Gasteiger partial charge on any atom is 0.255 e. The summed E-state index contributed by atoms with van der Waals surface area (Å²) in [4.78, 5) is 21.8. The first-order valence-corrected chi connectivity index (χ1v) is 8.55. The summed E-state index contributed by atoms with van der Waals surface area (Å²) in [6.45, 7) is 8.25. The van der Waals surface area contributed by atoms with E-state index in [9.17, 15) is 4.79 Å². The van der Waals surface area contributed by atoms with Gasteiger partial charge in [-0.3, -0.25) is 9.78 Å². The zero-order valence-electron chi connectivity index (χ0n) is 15.2. The zero-order valence-corrected chi connectivity index (χ0v) is 16.8. The fourth-order valence-corrected chi connectivity index (χ4v) is 3.06. The summed E-state index contributed by atoms with van der Waals surface area (Å²) in [6, 6.07) is 8.50. The zero-order chi connectivity index (χ0) is 16.9. The van der Waals surface area contributed by atoms with E-state index in [0.717, 1.165) is 43.9 Å². The van der Waals surface area contributed by atoms with E-state index in [0.29, 0.717) is 12.5 Å². The summed E-state index contributed by atoms with van der Waals surface area (Å²) in [5, 5.41) is 6.50. The first-order chi connectivity index (χ1) is 11.7. The topological polar surface area (TPSA) is 73.0 Å². The molecule has 8 heteroatoms. The molecule has 2 heterocycles. The van der Waals surface area contributed by atoms with Crippen molar-refractivity contribution in [3.8, 4) is 0 Å². The molecule has 0 atom stereocenters. The lowest BCUT2D eigenvalue weighted by molar-refractivity contribution is 0.619. The monoisotopic (exact) mass is 399 g/mol. The predicted octanol–water partition coefficient (Wildman–Crippen LogP) is 2.51. The molecular weight excluding hydrogens is 373 g/mol. The maximum absolute atomic E-state index is 12.1. The second-order valence-corrected chi connectivity index (χ2v) is 6.11. The van der Waals surface area contributed by atoms with Crippen molar-refractivity contribution in [3.05, 3.63) is 51.4 Å². The first-order valence-electron chi connectivity index (χ1n) is 8.55. The van der Waals surface area contributed by atoms with Crippen LogP contribution in [-0.2, 0) is 13.0 Å². The molecule has 3 N–H and O–H groups in total. The van der Waals surface area contributed by atoms with Crippen molar-refractivity contribution in [2.75, 3.05) is 36.4 Å². The fourth-order valence-electron chi connectivity index (χ4n) is 3.06. The summed E-state index contributed by atoms with van der Waals surface area (Å²) in [6.07, 6.45) is 0.745. The van der Waals surface area contributed by atoms with Crippen LogP contribution in [0.1, 0.15) is 23.7 Å². The fraction of sp³-hybridized carbons (Fsp3) is 0.444. The van der Waals surface area contributed by atoms with Crippen molar-refractivity contribution in [2.45, 2.75) is 26.8 Å². The number of H-pyrrole nitrogens is 1. The standard InChI is InChI=1S/C18H25N5O.2ClH/c1-3-23(14-6-4-5-13(2)11-14)10-9-20-18-21-16-12-19-8-7-15(16)17(24)22-18;;/h4-6,11,19H,3,7-10,12H2,1-2H3,(H2,20,21,22,24);2*1H. The van der Waals surface area contributed by atoms with E-state index in [1.807, 2.05) is 0 Å². The van der Waals surface area contributed by atoms with Crippen molar-refractivity contribution < 1.29 is 0 Å².